The van der Waals surface area contributed by atoms with Crippen LogP contribution in [0, 0.1) is 23.5 Å². The van der Waals surface area contributed by atoms with Gasteiger partial charge in [-0.25, -0.2) is 8.78 Å². The molecule has 0 aliphatic rings. The molecule has 0 heterocycles. The highest BCUT2D eigenvalue weighted by Crippen LogP contribution is 2.18. The van der Waals surface area contributed by atoms with E-state index in [1.54, 1.807) is 6.07 Å². The van der Waals surface area contributed by atoms with E-state index in [1.807, 2.05) is 0 Å². The Bertz CT molecular complexity index is 364. The number of nitrogens with one attached hydrogen (secondary N) is 1. The first-order valence-corrected chi connectivity index (χ1v) is 6.67. The van der Waals surface area contributed by atoms with Crippen LogP contribution in [0.4, 0.5) is 8.78 Å². The number of halogens is 2. The number of hydrogen-bond donors (Lipinski definition) is 1. The molecule has 0 fully saturated rings. The van der Waals surface area contributed by atoms with Crippen molar-refractivity contribution < 1.29 is 8.78 Å². The maximum atomic E-state index is 13.2. The second-order valence-electron chi connectivity index (χ2n) is 5.26. The number of rotatable bonds is 7. The standard InChI is InChI=1S/C15H23F2N/c1-4-18-10-13(7-11(2)3)8-12-5-6-14(16)15(17)9-12/h5-6,9,11,13,18H,4,7-8,10H2,1-3H3. The molecule has 0 radical (unpaired) electrons. The molecule has 1 aromatic carbocycles. The molecule has 1 rings (SSSR count). The summed E-state index contributed by atoms with van der Waals surface area (Å²) >= 11 is 0. The van der Waals surface area contributed by atoms with Gasteiger partial charge in [0.1, 0.15) is 0 Å². The van der Waals surface area contributed by atoms with Gasteiger partial charge < -0.3 is 5.32 Å². The van der Waals surface area contributed by atoms with Gasteiger partial charge in [0, 0.05) is 0 Å². The molecular weight excluding hydrogens is 232 g/mol. The highest BCUT2D eigenvalue weighted by molar-refractivity contribution is 5.18. The van der Waals surface area contributed by atoms with Crippen molar-refractivity contribution in [2.24, 2.45) is 11.8 Å². The fourth-order valence-electron chi connectivity index (χ4n) is 2.25. The molecule has 0 spiro atoms. The van der Waals surface area contributed by atoms with Gasteiger partial charge >= 0.3 is 0 Å². The van der Waals surface area contributed by atoms with Crippen molar-refractivity contribution in [1.29, 1.82) is 0 Å². The second kappa shape index (κ2) is 7.47. The monoisotopic (exact) mass is 255 g/mol. The minimum atomic E-state index is -0.772. The van der Waals surface area contributed by atoms with E-state index in [9.17, 15) is 8.78 Å². The predicted molar refractivity (Wildman–Crippen MR) is 71.6 cm³/mol. The Hall–Kier alpha value is -0.960. The van der Waals surface area contributed by atoms with Crippen LogP contribution in [0.25, 0.3) is 0 Å². The van der Waals surface area contributed by atoms with E-state index in [0.717, 1.165) is 31.5 Å². The molecule has 0 saturated carbocycles. The fraction of sp³-hybridized carbons (Fsp3) is 0.600. The van der Waals surface area contributed by atoms with E-state index in [2.05, 4.69) is 26.1 Å². The first kappa shape index (κ1) is 15.1. The fourth-order valence-corrected chi connectivity index (χ4v) is 2.25. The lowest BCUT2D eigenvalue weighted by Crippen LogP contribution is -2.25. The molecular formula is C15H23F2N. The Labute approximate surface area is 109 Å². The van der Waals surface area contributed by atoms with Gasteiger partial charge in [0.15, 0.2) is 11.6 Å². The Morgan fingerprint density at radius 3 is 2.44 bits per heavy atom. The summed E-state index contributed by atoms with van der Waals surface area (Å²) in [7, 11) is 0. The van der Waals surface area contributed by atoms with E-state index < -0.39 is 11.6 Å². The van der Waals surface area contributed by atoms with Crippen LogP contribution in [-0.2, 0) is 6.42 Å². The van der Waals surface area contributed by atoms with E-state index in [-0.39, 0.29) is 0 Å². The molecule has 1 atom stereocenters. The summed E-state index contributed by atoms with van der Waals surface area (Å²) in [6, 6.07) is 4.21. The van der Waals surface area contributed by atoms with Crippen LogP contribution in [0.15, 0.2) is 18.2 Å². The zero-order valence-corrected chi connectivity index (χ0v) is 11.5. The van der Waals surface area contributed by atoms with Gasteiger partial charge in [-0.2, -0.15) is 0 Å². The summed E-state index contributed by atoms with van der Waals surface area (Å²) in [5, 5.41) is 3.33. The van der Waals surface area contributed by atoms with Crippen molar-refractivity contribution in [3.63, 3.8) is 0 Å². The molecule has 0 aliphatic heterocycles. The van der Waals surface area contributed by atoms with Gasteiger partial charge in [-0.05, 0) is 55.5 Å². The molecule has 1 nitrogen and oxygen atoms in total. The van der Waals surface area contributed by atoms with Crippen LogP contribution in [0.2, 0.25) is 0 Å². The second-order valence-corrected chi connectivity index (χ2v) is 5.26. The molecule has 0 aliphatic carbocycles. The normalized spacial score (nSPS) is 13.0. The Kier molecular flexibility index (Phi) is 6.27. The molecule has 0 saturated heterocycles. The Balaban J connectivity index is 2.65. The third-order valence-electron chi connectivity index (χ3n) is 3.00. The van der Waals surface area contributed by atoms with E-state index in [1.165, 1.54) is 12.1 Å². The molecule has 3 heteroatoms. The molecule has 0 bridgehead atoms. The number of benzene rings is 1. The molecule has 102 valence electrons. The quantitative estimate of drug-likeness (QED) is 0.782. The summed E-state index contributed by atoms with van der Waals surface area (Å²) < 4.78 is 26.0. The third kappa shape index (κ3) is 5.13. The maximum Gasteiger partial charge on any atom is 0.159 e. The summed E-state index contributed by atoms with van der Waals surface area (Å²) in [4.78, 5) is 0. The average Bonchev–Trinajstić information content (AvgIpc) is 2.30. The van der Waals surface area contributed by atoms with Crippen molar-refractivity contribution in [2.75, 3.05) is 13.1 Å². The highest BCUT2D eigenvalue weighted by atomic mass is 19.2. The maximum absolute atomic E-state index is 13.2. The lowest BCUT2D eigenvalue weighted by atomic mass is 9.91. The summed E-state index contributed by atoms with van der Waals surface area (Å²) in [5.41, 5.74) is 0.873. The van der Waals surface area contributed by atoms with Crippen LogP contribution in [0.3, 0.4) is 0 Å². The zero-order chi connectivity index (χ0) is 13.5. The van der Waals surface area contributed by atoms with Crippen molar-refractivity contribution in [2.45, 2.75) is 33.6 Å². The largest absolute Gasteiger partial charge is 0.317 e. The van der Waals surface area contributed by atoms with Gasteiger partial charge in [0.05, 0.1) is 0 Å². The molecule has 0 aromatic heterocycles. The van der Waals surface area contributed by atoms with Gasteiger partial charge in [-0.1, -0.05) is 26.8 Å². The SMILES string of the molecule is CCNCC(Cc1ccc(F)c(F)c1)CC(C)C. The zero-order valence-electron chi connectivity index (χ0n) is 11.5. The molecule has 1 N–H and O–H groups in total. The van der Waals surface area contributed by atoms with Crippen molar-refractivity contribution in [1.82, 2.24) is 5.32 Å². The molecule has 0 amide bonds. The third-order valence-corrected chi connectivity index (χ3v) is 3.00. The first-order chi connectivity index (χ1) is 8.52. The summed E-state index contributed by atoms with van der Waals surface area (Å²) in [6.45, 7) is 8.30. The lowest BCUT2D eigenvalue weighted by Gasteiger charge is -2.19. The van der Waals surface area contributed by atoms with Gasteiger partial charge in [-0.3, -0.25) is 0 Å². The van der Waals surface area contributed by atoms with Gasteiger partial charge in [0.2, 0.25) is 0 Å². The van der Waals surface area contributed by atoms with E-state index in [0.29, 0.717) is 11.8 Å². The summed E-state index contributed by atoms with van der Waals surface area (Å²) in [6.07, 6.45) is 1.88. The van der Waals surface area contributed by atoms with Gasteiger partial charge in [-0.15, -0.1) is 0 Å². The minimum Gasteiger partial charge on any atom is -0.317 e. The van der Waals surface area contributed by atoms with Crippen molar-refractivity contribution >= 4 is 0 Å². The predicted octanol–water partition coefficient (Wildman–Crippen LogP) is 3.78. The first-order valence-electron chi connectivity index (χ1n) is 6.67. The van der Waals surface area contributed by atoms with Crippen LogP contribution in [-0.4, -0.2) is 13.1 Å². The van der Waals surface area contributed by atoms with Crippen LogP contribution in [0.1, 0.15) is 32.8 Å². The van der Waals surface area contributed by atoms with E-state index >= 15 is 0 Å². The Morgan fingerprint density at radius 1 is 1.17 bits per heavy atom. The van der Waals surface area contributed by atoms with Crippen LogP contribution >= 0.6 is 0 Å². The smallest absolute Gasteiger partial charge is 0.159 e. The highest BCUT2D eigenvalue weighted by Gasteiger charge is 2.12. The van der Waals surface area contributed by atoms with Crippen molar-refractivity contribution in [3.05, 3.63) is 35.4 Å². The minimum absolute atomic E-state index is 0.467. The number of hydrogen-bond acceptors (Lipinski definition) is 1. The average molecular weight is 255 g/mol. The molecule has 1 aromatic rings. The topological polar surface area (TPSA) is 12.0 Å². The van der Waals surface area contributed by atoms with Crippen LogP contribution < -0.4 is 5.32 Å². The van der Waals surface area contributed by atoms with E-state index in [4.69, 9.17) is 0 Å². The van der Waals surface area contributed by atoms with Crippen LogP contribution in [0.5, 0.6) is 0 Å². The molecule has 18 heavy (non-hydrogen) atoms. The molecule has 1 unspecified atom stereocenters. The van der Waals surface area contributed by atoms with Crippen molar-refractivity contribution in [3.8, 4) is 0 Å². The Morgan fingerprint density at radius 2 is 1.89 bits per heavy atom. The van der Waals surface area contributed by atoms with Gasteiger partial charge in [0.25, 0.3) is 0 Å². The lowest BCUT2D eigenvalue weighted by molar-refractivity contribution is 0.387. The summed E-state index contributed by atoms with van der Waals surface area (Å²) in [5.74, 6) is -0.446.